The van der Waals surface area contributed by atoms with Gasteiger partial charge in [0.15, 0.2) is 0 Å². The fourth-order valence-electron chi connectivity index (χ4n) is 3.77. The number of halogens is 2. The first-order chi connectivity index (χ1) is 14.5. The molecular formula is C20H23F2N5O3. The van der Waals surface area contributed by atoms with Crippen LogP contribution >= 0.6 is 0 Å². The topological polar surface area (TPSA) is 83.2 Å². The zero-order valence-electron chi connectivity index (χ0n) is 16.4. The van der Waals surface area contributed by atoms with E-state index in [1.807, 2.05) is 0 Å². The summed E-state index contributed by atoms with van der Waals surface area (Å²) in [7, 11) is 0. The van der Waals surface area contributed by atoms with Gasteiger partial charge in [-0.05, 0) is 0 Å². The minimum atomic E-state index is -0.908. The minimum Gasteiger partial charge on any atom is -0.465 e. The first-order valence-electron chi connectivity index (χ1n) is 9.93. The molecule has 2 aromatic rings. The van der Waals surface area contributed by atoms with E-state index >= 15 is 0 Å². The van der Waals surface area contributed by atoms with Crippen LogP contribution in [-0.2, 0) is 4.84 Å². The summed E-state index contributed by atoms with van der Waals surface area (Å²) in [6, 6.07) is 2.40. The predicted octanol–water partition coefficient (Wildman–Crippen LogP) is 3.27. The van der Waals surface area contributed by atoms with Gasteiger partial charge in [0.2, 0.25) is 0 Å². The number of anilines is 1. The maximum Gasteiger partial charge on any atom is 0.407 e. The number of carbonyl (C=O) groups is 1. The first-order valence-corrected chi connectivity index (χ1v) is 9.93. The average molecular weight is 419 g/mol. The highest BCUT2D eigenvalue weighted by molar-refractivity contribution is 5.86. The molecule has 0 spiro atoms. The van der Waals surface area contributed by atoms with Crippen molar-refractivity contribution in [2.24, 2.45) is 5.16 Å². The van der Waals surface area contributed by atoms with Crippen molar-refractivity contribution in [3.05, 3.63) is 42.5 Å². The lowest BCUT2D eigenvalue weighted by molar-refractivity contribution is 0.0127. The lowest BCUT2D eigenvalue weighted by Crippen LogP contribution is -2.40. The van der Waals surface area contributed by atoms with Gasteiger partial charge in [-0.15, -0.1) is 0 Å². The van der Waals surface area contributed by atoms with Gasteiger partial charge in [0.25, 0.3) is 0 Å². The molecule has 8 nitrogen and oxygen atoms in total. The van der Waals surface area contributed by atoms with Crippen LogP contribution in [0, 0.1) is 11.6 Å². The monoisotopic (exact) mass is 419 g/mol. The smallest absolute Gasteiger partial charge is 0.407 e. The molecule has 1 aromatic heterocycles. The summed E-state index contributed by atoms with van der Waals surface area (Å²) in [6.45, 7) is 1.91. The van der Waals surface area contributed by atoms with Crippen LogP contribution < -0.4 is 4.90 Å². The van der Waals surface area contributed by atoms with E-state index in [0.717, 1.165) is 5.71 Å². The van der Waals surface area contributed by atoms with Crippen LogP contribution in [0.3, 0.4) is 0 Å². The molecule has 1 aromatic carbocycles. The number of benzene rings is 1. The summed E-state index contributed by atoms with van der Waals surface area (Å²) in [6.07, 6.45) is 5.91. The molecule has 1 amide bonds. The number of hydrogen-bond donors (Lipinski definition) is 1. The lowest BCUT2D eigenvalue weighted by Gasteiger charge is -2.31. The van der Waals surface area contributed by atoms with E-state index in [0.29, 0.717) is 51.9 Å². The van der Waals surface area contributed by atoms with Gasteiger partial charge in [0.1, 0.15) is 17.7 Å². The van der Waals surface area contributed by atoms with Crippen LogP contribution in [0.4, 0.5) is 19.3 Å². The van der Waals surface area contributed by atoms with Crippen molar-refractivity contribution >= 4 is 17.5 Å². The van der Waals surface area contributed by atoms with Gasteiger partial charge >= 0.3 is 6.09 Å². The first kappa shape index (κ1) is 20.1. The van der Waals surface area contributed by atoms with Crippen LogP contribution in [-0.4, -0.2) is 63.6 Å². The Morgan fingerprint density at radius 3 is 2.40 bits per heavy atom. The molecule has 0 aliphatic carbocycles. The normalized spacial score (nSPS) is 17.9. The van der Waals surface area contributed by atoms with Gasteiger partial charge in [-0.1, -0.05) is 5.16 Å². The molecule has 3 heterocycles. The van der Waals surface area contributed by atoms with Crippen LogP contribution in [0.25, 0.3) is 5.69 Å². The van der Waals surface area contributed by atoms with E-state index in [-0.39, 0.29) is 17.5 Å². The number of oxime groups is 1. The predicted molar refractivity (Wildman–Crippen MR) is 106 cm³/mol. The SMILES string of the molecule is O=C(O)N1CCC(ON=C2CCN(c3cc(F)c(-n4ccnc4)cc3F)CC2)CC1. The van der Waals surface area contributed by atoms with E-state index in [9.17, 15) is 13.6 Å². The molecule has 0 atom stereocenters. The van der Waals surface area contributed by atoms with Gasteiger partial charge in [0.05, 0.1) is 23.4 Å². The zero-order chi connectivity index (χ0) is 21.1. The van der Waals surface area contributed by atoms with Gasteiger partial charge in [-0.25, -0.2) is 18.6 Å². The number of nitrogens with zero attached hydrogens (tertiary/aromatic N) is 5. The number of rotatable bonds is 4. The van der Waals surface area contributed by atoms with E-state index in [4.69, 9.17) is 9.94 Å². The molecule has 0 saturated carbocycles. The Kier molecular flexibility index (Phi) is 5.82. The maximum absolute atomic E-state index is 14.6. The Morgan fingerprint density at radius 1 is 1.10 bits per heavy atom. The quantitative estimate of drug-likeness (QED) is 0.769. The third-order valence-electron chi connectivity index (χ3n) is 5.52. The Hall–Kier alpha value is -3.17. The Labute approximate surface area is 172 Å². The highest BCUT2D eigenvalue weighted by Crippen LogP contribution is 2.27. The summed E-state index contributed by atoms with van der Waals surface area (Å²) in [4.78, 5) is 23.6. The fraction of sp³-hybridized carbons (Fsp3) is 0.450. The number of imidazole rings is 1. The van der Waals surface area contributed by atoms with Crippen LogP contribution in [0.15, 0.2) is 36.0 Å². The van der Waals surface area contributed by atoms with E-state index in [1.54, 1.807) is 11.1 Å². The number of amides is 1. The molecule has 30 heavy (non-hydrogen) atoms. The molecular weight excluding hydrogens is 396 g/mol. The van der Waals surface area contributed by atoms with Gasteiger partial charge in [0, 0.05) is 76.4 Å². The second-order valence-corrected chi connectivity index (χ2v) is 7.44. The summed E-state index contributed by atoms with van der Waals surface area (Å²) in [5.74, 6) is -0.998. The second kappa shape index (κ2) is 8.68. The number of aromatic nitrogens is 2. The molecule has 0 radical (unpaired) electrons. The molecule has 2 fully saturated rings. The van der Waals surface area contributed by atoms with Crippen LogP contribution in [0.1, 0.15) is 25.7 Å². The van der Waals surface area contributed by atoms with E-state index in [2.05, 4.69) is 10.1 Å². The van der Waals surface area contributed by atoms with Crippen LogP contribution in [0.5, 0.6) is 0 Å². The fourth-order valence-corrected chi connectivity index (χ4v) is 3.77. The third kappa shape index (κ3) is 4.37. The van der Waals surface area contributed by atoms with Crippen LogP contribution in [0.2, 0.25) is 0 Å². The van der Waals surface area contributed by atoms with Crippen molar-refractivity contribution in [3.63, 3.8) is 0 Å². The third-order valence-corrected chi connectivity index (χ3v) is 5.52. The summed E-state index contributed by atoms with van der Waals surface area (Å²) >= 11 is 0. The Bertz CT molecular complexity index is 917. The molecule has 160 valence electrons. The molecule has 4 rings (SSSR count). The Balaban J connectivity index is 1.33. The number of piperidine rings is 2. The van der Waals surface area contributed by atoms with Gasteiger partial charge in [-0.3, -0.25) is 0 Å². The lowest BCUT2D eigenvalue weighted by atomic mass is 10.1. The number of likely N-dealkylation sites (tertiary alicyclic amines) is 1. The van der Waals surface area contributed by atoms with Gasteiger partial charge < -0.3 is 24.3 Å². The highest BCUT2D eigenvalue weighted by Gasteiger charge is 2.25. The largest absolute Gasteiger partial charge is 0.465 e. The zero-order valence-corrected chi connectivity index (χ0v) is 16.4. The minimum absolute atomic E-state index is 0.0895. The maximum atomic E-state index is 14.6. The van der Waals surface area contributed by atoms with Crippen molar-refractivity contribution in [2.75, 3.05) is 31.1 Å². The van der Waals surface area contributed by atoms with Crippen molar-refractivity contribution in [2.45, 2.75) is 31.8 Å². The average Bonchev–Trinajstić information content (AvgIpc) is 3.29. The second-order valence-electron chi connectivity index (χ2n) is 7.44. The molecule has 1 N–H and O–H groups in total. The molecule has 2 saturated heterocycles. The molecule has 2 aliphatic heterocycles. The standard InChI is InChI=1S/C20H23F2N5O3/c21-16-12-19(27-10-5-23-13-27)17(22)11-18(16)25-6-1-14(2-7-25)24-30-15-3-8-26(9-4-15)20(28)29/h5,10-13,15H,1-4,6-9H2,(H,28,29). The highest BCUT2D eigenvalue weighted by atomic mass is 19.1. The number of carboxylic acid groups (broad SMARTS) is 1. The molecule has 10 heteroatoms. The summed E-state index contributed by atoms with van der Waals surface area (Å²) < 4.78 is 30.6. The van der Waals surface area contributed by atoms with Crippen molar-refractivity contribution in [3.8, 4) is 5.69 Å². The van der Waals surface area contributed by atoms with Crippen molar-refractivity contribution in [1.82, 2.24) is 14.5 Å². The molecule has 0 bridgehead atoms. The van der Waals surface area contributed by atoms with E-state index < -0.39 is 17.7 Å². The molecule has 0 unspecified atom stereocenters. The van der Waals surface area contributed by atoms with Gasteiger partial charge in [-0.2, -0.15) is 0 Å². The Morgan fingerprint density at radius 2 is 1.77 bits per heavy atom. The summed E-state index contributed by atoms with van der Waals surface area (Å²) in [5.41, 5.74) is 1.23. The van der Waals surface area contributed by atoms with E-state index in [1.165, 1.54) is 34.1 Å². The number of hydrogen-bond acceptors (Lipinski definition) is 5. The van der Waals surface area contributed by atoms with Crippen molar-refractivity contribution in [1.29, 1.82) is 0 Å². The molecule has 2 aliphatic rings. The summed E-state index contributed by atoms with van der Waals surface area (Å²) in [5, 5.41) is 13.2. The van der Waals surface area contributed by atoms with Crippen molar-refractivity contribution < 1.29 is 23.5 Å².